The molecule has 2 amide bonds. The molecule has 1 N–H and O–H groups in total. The molecule has 2 aromatic carbocycles. The van der Waals surface area contributed by atoms with Crippen LogP contribution in [-0.2, 0) is 0 Å². The minimum absolute atomic E-state index is 0.000349. The zero-order chi connectivity index (χ0) is 17.6. The lowest BCUT2D eigenvalue weighted by Gasteiger charge is -2.32. The number of hydrogen-bond acceptors (Lipinski definition) is 3. The van der Waals surface area contributed by atoms with Crippen LogP contribution in [0.25, 0.3) is 0 Å². The minimum atomic E-state index is -0.467. The maximum atomic E-state index is 12.5. The maximum Gasteiger partial charge on any atom is 0.412 e. The first-order chi connectivity index (χ1) is 12.1. The first-order valence-corrected chi connectivity index (χ1v) is 8.58. The predicted molar refractivity (Wildman–Crippen MR) is 96.0 cm³/mol. The molecule has 0 aliphatic carbocycles. The molecule has 0 radical (unpaired) electrons. The number of carbonyl (C=O) groups is 2. The van der Waals surface area contributed by atoms with E-state index in [-0.39, 0.29) is 11.9 Å². The third-order valence-electron chi connectivity index (χ3n) is 4.13. The topological polar surface area (TPSA) is 58.6 Å². The number of nitrogens with zero attached hydrogens (tertiary/aromatic N) is 1. The highest BCUT2D eigenvalue weighted by Crippen LogP contribution is 2.17. The van der Waals surface area contributed by atoms with Crippen LogP contribution in [0.2, 0.25) is 5.02 Å². The number of nitrogens with one attached hydrogen (secondary N) is 1. The van der Waals surface area contributed by atoms with Crippen LogP contribution in [0.4, 0.5) is 4.79 Å². The number of hydrogen-bond donors (Lipinski definition) is 1. The summed E-state index contributed by atoms with van der Waals surface area (Å²) in [5.74, 6) is 0.474. The summed E-state index contributed by atoms with van der Waals surface area (Å²) >= 11 is 5.94. The lowest BCUT2D eigenvalue weighted by Crippen LogP contribution is -2.47. The van der Waals surface area contributed by atoms with Crippen LogP contribution in [0, 0.1) is 0 Å². The van der Waals surface area contributed by atoms with Crippen molar-refractivity contribution in [3.63, 3.8) is 0 Å². The van der Waals surface area contributed by atoms with Crippen molar-refractivity contribution < 1.29 is 14.3 Å². The van der Waals surface area contributed by atoms with E-state index >= 15 is 0 Å². The van der Waals surface area contributed by atoms with Gasteiger partial charge in [0.05, 0.1) is 0 Å². The van der Waals surface area contributed by atoms with Crippen molar-refractivity contribution in [3.8, 4) is 5.75 Å². The summed E-state index contributed by atoms with van der Waals surface area (Å²) < 4.78 is 5.23. The Morgan fingerprint density at radius 1 is 1.04 bits per heavy atom. The number of ether oxygens (including phenoxy) is 1. The fourth-order valence-corrected chi connectivity index (χ4v) is 3.01. The molecular formula is C19H19ClN2O3. The molecule has 0 aromatic heterocycles. The Labute approximate surface area is 151 Å². The molecule has 0 spiro atoms. The van der Waals surface area contributed by atoms with Gasteiger partial charge in [-0.2, -0.15) is 0 Å². The van der Waals surface area contributed by atoms with E-state index in [1.165, 1.54) is 0 Å². The summed E-state index contributed by atoms with van der Waals surface area (Å²) in [7, 11) is 0. The number of rotatable bonds is 3. The van der Waals surface area contributed by atoms with E-state index in [1.807, 2.05) is 18.2 Å². The van der Waals surface area contributed by atoms with Crippen LogP contribution in [0.15, 0.2) is 54.6 Å². The SMILES string of the molecule is O=C(NC1CCN(C(=O)c2cccc(Cl)c2)CC1)Oc1ccccc1. The fraction of sp³-hybridized carbons (Fsp3) is 0.263. The summed E-state index contributed by atoms with van der Waals surface area (Å²) in [6.45, 7) is 1.17. The van der Waals surface area contributed by atoms with Gasteiger partial charge in [0.25, 0.3) is 5.91 Å². The fourth-order valence-electron chi connectivity index (χ4n) is 2.82. The number of halogens is 1. The van der Waals surface area contributed by atoms with Crippen LogP contribution >= 0.6 is 11.6 Å². The molecule has 1 saturated heterocycles. The zero-order valence-electron chi connectivity index (χ0n) is 13.7. The highest BCUT2D eigenvalue weighted by atomic mass is 35.5. The Morgan fingerprint density at radius 2 is 1.76 bits per heavy atom. The smallest absolute Gasteiger partial charge is 0.410 e. The first kappa shape index (κ1) is 17.3. The van der Waals surface area contributed by atoms with Gasteiger partial charge in [-0.1, -0.05) is 35.9 Å². The number of amides is 2. The van der Waals surface area contributed by atoms with Crippen LogP contribution in [0.5, 0.6) is 5.75 Å². The molecule has 130 valence electrons. The quantitative estimate of drug-likeness (QED) is 0.909. The van der Waals surface area contributed by atoms with Crippen molar-refractivity contribution >= 4 is 23.6 Å². The van der Waals surface area contributed by atoms with E-state index in [1.54, 1.807) is 41.3 Å². The van der Waals surface area contributed by atoms with Gasteiger partial charge in [-0.15, -0.1) is 0 Å². The van der Waals surface area contributed by atoms with Crippen molar-refractivity contribution in [2.45, 2.75) is 18.9 Å². The molecular weight excluding hydrogens is 340 g/mol. The van der Waals surface area contributed by atoms with Crippen LogP contribution < -0.4 is 10.1 Å². The van der Waals surface area contributed by atoms with Gasteiger partial charge >= 0.3 is 6.09 Å². The first-order valence-electron chi connectivity index (χ1n) is 8.20. The standard InChI is InChI=1S/C19H19ClN2O3/c20-15-6-4-5-14(13-15)18(23)22-11-9-16(10-12-22)21-19(24)25-17-7-2-1-3-8-17/h1-8,13,16H,9-12H2,(H,21,24). The normalized spacial score (nSPS) is 14.8. The lowest BCUT2D eigenvalue weighted by molar-refractivity contribution is 0.0706. The van der Waals surface area contributed by atoms with Gasteiger partial charge in [0.2, 0.25) is 0 Å². The molecule has 1 fully saturated rings. The molecule has 6 heteroatoms. The number of benzene rings is 2. The summed E-state index contributed by atoms with van der Waals surface area (Å²) in [6, 6.07) is 15.9. The molecule has 2 aromatic rings. The molecule has 1 aliphatic rings. The average molecular weight is 359 g/mol. The van der Waals surface area contributed by atoms with E-state index in [0.717, 1.165) is 0 Å². The molecule has 0 bridgehead atoms. The molecule has 1 heterocycles. The Balaban J connectivity index is 1.48. The Hall–Kier alpha value is -2.53. The van der Waals surface area contributed by atoms with E-state index in [9.17, 15) is 9.59 Å². The van der Waals surface area contributed by atoms with E-state index in [0.29, 0.717) is 42.3 Å². The summed E-state index contributed by atoms with van der Waals surface area (Å²) in [4.78, 5) is 26.2. The molecule has 1 aliphatic heterocycles. The zero-order valence-corrected chi connectivity index (χ0v) is 14.4. The third kappa shape index (κ3) is 4.73. The predicted octanol–water partition coefficient (Wildman–Crippen LogP) is 3.73. The van der Waals surface area contributed by atoms with Crippen LogP contribution in [0.3, 0.4) is 0 Å². The van der Waals surface area contributed by atoms with E-state index < -0.39 is 6.09 Å². The molecule has 25 heavy (non-hydrogen) atoms. The Kier molecular flexibility index (Phi) is 5.56. The molecule has 0 saturated carbocycles. The maximum absolute atomic E-state index is 12.5. The van der Waals surface area contributed by atoms with Crippen LogP contribution in [0.1, 0.15) is 23.2 Å². The lowest BCUT2D eigenvalue weighted by atomic mass is 10.0. The van der Waals surface area contributed by atoms with E-state index in [4.69, 9.17) is 16.3 Å². The molecule has 0 atom stereocenters. The van der Waals surface area contributed by atoms with Gasteiger partial charge in [-0.05, 0) is 43.2 Å². The van der Waals surface area contributed by atoms with E-state index in [2.05, 4.69) is 5.32 Å². The van der Waals surface area contributed by atoms with Crippen molar-refractivity contribution in [2.75, 3.05) is 13.1 Å². The number of likely N-dealkylation sites (tertiary alicyclic amines) is 1. The summed E-state index contributed by atoms with van der Waals surface area (Å²) in [6.07, 6.45) is 0.915. The number of piperidine rings is 1. The average Bonchev–Trinajstić information content (AvgIpc) is 2.62. The molecule has 3 rings (SSSR count). The monoisotopic (exact) mass is 358 g/mol. The van der Waals surface area contributed by atoms with Gasteiger partial charge < -0.3 is 15.0 Å². The highest BCUT2D eigenvalue weighted by Gasteiger charge is 2.25. The highest BCUT2D eigenvalue weighted by molar-refractivity contribution is 6.30. The van der Waals surface area contributed by atoms with Crippen LogP contribution in [-0.4, -0.2) is 36.0 Å². The van der Waals surface area contributed by atoms with Crippen molar-refractivity contribution in [3.05, 3.63) is 65.2 Å². The second kappa shape index (κ2) is 8.03. The number of carbonyl (C=O) groups excluding carboxylic acids is 2. The van der Waals surface area contributed by atoms with Crippen molar-refractivity contribution in [1.82, 2.24) is 10.2 Å². The summed E-state index contributed by atoms with van der Waals surface area (Å²) in [5, 5.41) is 3.40. The van der Waals surface area contributed by atoms with Gasteiger partial charge in [0.1, 0.15) is 5.75 Å². The molecule has 0 unspecified atom stereocenters. The van der Waals surface area contributed by atoms with Crippen molar-refractivity contribution in [2.24, 2.45) is 0 Å². The number of para-hydroxylation sites is 1. The second-order valence-electron chi connectivity index (χ2n) is 5.92. The molecule has 5 nitrogen and oxygen atoms in total. The van der Waals surface area contributed by atoms with Gasteiger partial charge in [-0.25, -0.2) is 4.79 Å². The van der Waals surface area contributed by atoms with Crippen molar-refractivity contribution in [1.29, 1.82) is 0 Å². The van der Waals surface area contributed by atoms with Gasteiger partial charge in [0, 0.05) is 29.7 Å². The minimum Gasteiger partial charge on any atom is -0.410 e. The van der Waals surface area contributed by atoms with Gasteiger partial charge in [0.15, 0.2) is 0 Å². The second-order valence-corrected chi connectivity index (χ2v) is 6.36. The largest absolute Gasteiger partial charge is 0.412 e. The summed E-state index contributed by atoms with van der Waals surface area (Å²) in [5.41, 5.74) is 0.586. The Morgan fingerprint density at radius 3 is 2.44 bits per heavy atom. The Bertz CT molecular complexity index is 743. The third-order valence-corrected chi connectivity index (χ3v) is 4.36. The van der Waals surface area contributed by atoms with Gasteiger partial charge in [-0.3, -0.25) is 4.79 Å².